The summed E-state index contributed by atoms with van der Waals surface area (Å²) in [5, 5.41) is 23.4. The second-order valence-corrected chi connectivity index (χ2v) is 26.3. The minimum Gasteiger partial charge on any atom is -0.466 e. The van der Waals surface area contributed by atoms with Crippen LogP contribution in [0.25, 0.3) is 0 Å². The number of aliphatic hydroxyl groups excluding tert-OH is 2. The molecule has 0 saturated carbocycles. The number of hydrogen-bond acceptors (Lipinski definition) is 5. The SMILES string of the molecule is CCCCCCCCCCCCCCCCCCCCCCCCCCC(O)C(CO)NC(=O)CCCCCCCCC/C=C\C/C=C\CCCCCCCCCCCOC(=O)CCCCCCCCCCCCCCCCCCCCC. The van der Waals surface area contributed by atoms with E-state index in [-0.39, 0.29) is 18.5 Å². The third-order valence-electron chi connectivity index (χ3n) is 18.0. The van der Waals surface area contributed by atoms with Crippen LogP contribution in [-0.2, 0) is 14.3 Å². The van der Waals surface area contributed by atoms with Gasteiger partial charge in [0, 0.05) is 12.8 Å². The van der Waals surface area contributed by atoms with E-state index in [4.69, 9.17) is 4.74 Å². The van der Waals surface area contributed by atoms with Crippen molar-refractivity contribution in [3.05, 3.63) is 24.3 Å². The maximum atomic E-state index is 12.6. The fraction of sp³-hybridized carbons (Fsp3) is 0.922. The Morgan fingerprint density at radius 1 is 0.337 bits per heavy atom. The average Bonchev–Trinajstić information content (AvgIpc) is 3.49. The van der Waals surface area contributed by atoms with Crippen molar-refractivity contribution >= 4 is 11.9 Å². The van der Waals surface area contributed by atoms with Crippen LogP contribution in [0.3, 0.4) is 0 Å². The molecule has 492 valence electrons. The zero-order chi connectivity index (χ0) is 59.9. The van der Waals surface area contributed by atoms with E-state index in [0.717, 1.165) is 44.9 Å². The molecule has 0 spiro atoms. The standard InChI is InChI=1S/C77H149NO5/c1-3-5-7-9-11-13-15-17-19-21-23-24-25-27-30-34-37-41-45-49-53-57-61-65-69-75(80)74(73-79)78-76(81)70-66-62-58-54-50-46-42-38-35-31-28-26-29-32-36-40-44-48-52-56-60-64-68-72-83-77(82)71-67-63-59-55-51-47-43-39-33-22-20-18-16-14-12-10-8-6-4-2/h26,29,31,35,74-75,79-80H,3-25,27-28,30,32-34,36-73H2,1-2H3,(H,78,81)/b29-26-,35-31-. The number of hydrogen-bond donors (Lipinski definition) is 3. The molecule has 2 unspecified atom stereocenters. The van der Waals surface area contributed by atoms with Gasteiger partial charge in [0.1, 0.15) is 0 Å². The topological polar surface area (TPSA) is 95.9 Å². The molecule has 3 N–H and O–H groups in total. The van der Waals surface area contributed by atoms with Crippen molar-refractivity contribution in [2.24, 2.45) is 0 Å². The molecular formula is C77H149NO5. The van der Waals surface area contributed by atoms with E-state index in [1.54, 1.807) is 0 Å². The quantitative estimate of drug-likeness (QED) is 0.0320. The fourth-order valence-corrected chi connectivity index (χ4v) is 12.2. The highest BCUT2D eigenvalue weighted by atomic mass is 16.5. The predicted molar refractivity (Wildman–Crippen MR) is 366 cm³/mol. The van der Waals surface area contributed by atoms with Gasteiger partial charge in [0.15, 0.2) is 0 Å². The van der Waals surface area contributed by atoms with E-state index in [1.165, 1.54) is 353 Å². The van der Waals surface area contributed by atoms with Crippen LogP contribution in [-0.4, -0.2) is 47.4 Å². The summed E-state index contributed by atoms with van der Waals surface area (Å²) in [6.45, 7) is 5.00. The molecule has 2 atom stereocenters. The maximum absolute atomic E-state index is 12.6. The highest BCUT2D eigenvalue weighted by molar-refractivity contribution is 5.76. The number of nitrogens with one attached hydrogen (secondary N) is 1. The highest BCUT2D eigenvalue weighted by Crippen LogP contribution is 2.20. The normalized spacial score (nSPS) is 12.6. The van der Waals surface area contributed by atoms with Crippen molar-refractivity contribution in [1.82, 2.24) is 5.32 Å². The lowest BCUT2D eigenvalue weighted by molar-refractivity contribution is -0.143. The second-order valence-electron chi connectivity index (χ2n) is 26.3. The minimum atomic E-state index is -0.673. The molecule has 0 saturated heterocycles. The Morgan fingerprint density at radius 2 is 0.602 bits per heavy atom. The summed E-state index contributed by atoms with van der Waals surface area (Å²) >= 11 is 0. The fourth-order valence-electron chi connectivity index (χ4n) is 12.2. The zero-order valence-electron chi connectivity index (χ0n) is 56.5. The Hall–Kier alpha value is -1.66. The van der Waals surface area contributed by atoms with Crippen molar-refractivity contribution < 1.29 is 24.5 Å². The van der Waals surface area contributed by atoms with Crippen molar-refractivity contribution in [1.29, 1.82) is 0 Å². The van der Waals surface area contributed by atoms with Crippen LogP contribution in [0.5, 0.6) is 0 Å². The van der Waals surface area contributed by atoms with Crippen LogP contribution in [0.2, 0.25) is 0 Å². The lowest BCUT2D eigenvalue weighted by atomic mass is 10.0. The van der Waals surface area contributed by atoms with Gasteiger partial charge in [-0.05, 0) is 57.8 Å². The molecule has 0 aliphatic carbocycles. The highest BCUT2D eigenvalue weighted by Gasteiger charge is 2.20. The number of rotatable bonds is 72. The van der Waals surface area contributed by atoms with E-state index in [1.807, 2.05) is 0 Å². The summed E-state index contributed by atoms with van der Waals surface area (Å²) in [4.78, 5) is 24.7. The van der Waals surface area contributed by atoms with Crippen LogP contribution in [0.4, 0.5) is 0 Å². The Morgan fingerprint density at radius 3 is 0.916 bits per heavy atom. The van der Waals surface area contributed by atoms with Crippen LogP contribution < -0.4 is 5.32 Å². The first-order chi connectivity index (χ1) is 41.0. The van der Waals surface area contributed by atoms with E-state index < -0.39 is 12.1 Å². The molecule has 0 radical (unpaired) electrons. The van der Waals surface area contributed by atoms with Gasteiger partial charge in [0.2, 0.25) is 5.91 Å². The van der Waals surface area contributed by atoms with E-state index in [0.29, 0.717) is 25.9 Å². The predicted octanol–water partition coefficient (Wildman–Crippen LogP) is 24.9. The molecule has 0 aliphatic rings. The first-order valence-electron chi connectivity index (χ1n) is 38.1. The van der Waals surface area contributed by atoms with Crippen molar-refractivity contribution in [3.63, 3.8) is 0 Å². The van der Waals surface area contributed by atoms with E-state index in [2.05, 4.69) is 43.5 Å². The zero-order valence-corrected chi connectivity index (χ0v) is 56.5. The van der Waals surface area contributed by atoms with Crippen LogP contribution >= 0.6 is 0 Å². The molecule has 83 heavy (non-hydrogen) atoms. The molecule has 0 bridgehead atoms. The number of esters is 1. The second kappa shape index (κ2) is 72.8. The summed E-state index contributed by atoms with van der Waals surface area (Å²) < 4.78 is 5.51. The molecular weight excluding hydrogens is 1020 g/mol. The van der Waals surface area contributed by atoms with Crippen LogP contribution in [0.1, 0.15) is 431 Å². The van der Waals surface area contributed by atoms with Crippen LogP contribution in [0, 0.1) is 0 Å². The number of aliphatic hydroxyl groups is 2. The Bertz CT molecular complexity index is 1300. The molecule has 0 aromatic rings. The van der Waals surface area contributed by atoms with Crippen molar-refractivity contribution in [2.45, 2.75) is 443 Å². The average molecular weight is 1170 g/mol. The largest absolute Gasteiger partial charge is 0.466 e. The minimum absolute atomic E-state index is 0.0131. The Labute approximate surface area is 520 Å². The number of carbonyl (C=O) groups excluding carboxylic acids is 2. The maximum Gasteiger partial charge on any atom is 0.305 e. The van der Waals surface area contributed by atoms with Gasteiger partial charge in [-0.15, -0.1) is 0 Å². The van der Waals surface area contributed by atoms with Crippen LogP contribution in [0.15, 0.2) is 24.3 Å². The number of allylic oxidation sites excluding steroid dienone is 4. The number of amides is 1. The van der Waals surface area contributed by atoms with Gasteiger partial charge in [-0.25, -0.2) is 0 Å². The third-order valence-corrected chi connectivity index (χ3v) is 18.0. The number of ether oxygens (including phenoxy) is 1. The van der Waals surface area contributed by atoms with Gasteiger partial charge in [0.05, 0.1) is 25.4 Å². The summed E-state index contributed by atoms with van der Waals surface area (Å²) in [5.74, 6) is -0.0272. The molecule has 0 aromatic heterocycles. The molecule has 0 rings (SSSR count). The molecule has 6 nitrogen and oxygen atoms in total. The summed E-state index contributed by atoms with van der Waals surface area (Å²) in [6.07, 6.45) is 92.4. The van der Waals surface area contributed by atoms with Crippen molar-refractivity contribution in [3.8, 4) is 0 Å². The lowest BCUT2D eigenvalue weighted by Gasteiger charge is -2.22. The van der Waals surface area contributed by atoms with Gasteiger partial charge in [-0.1, -0.05) is 385 Å². The van der Waals surface area contributed by atoms with E-state index in [9.17, 15) is 19.8 Å². The van der Waals surface area contributed by atoms with Crippen molar-refractivity contribution in [2.75, 3.05) is 13.2 Å². The molecule has 0 aliphatic heterocycles. The summed E-state index contributed by atoms with van der Waals surface area (Å²) in [5.41, 5.74) is 0. The monoisotopic (exact) mass is 1170 g/mol. The van der Waals surface area contributed by atoms with Gasteiger partial charge >= 0.3 is 5.97 Å². The summed E-state index contributed by atoms with van der Waals surface area (Å²) in [7, 11) is 0. The third kappa shape index (κ3) is 69.3. The molecule has 1 amide bonds. The molecule has 0 heterocycles. The van der Waals surface area contributed by atoms with Gasteiger partial charge in [-0.3, -0.25) is 9.59 Å². The summed E-state index contributed by atoms with van der Waals surface area (Å²) in [6, 6.07) is -0.551. The van der Waals surface area contributed by atoms with E-state index >= 15 is 0 Å². The number of carbonyl (C=O) groups is 2. The smallest absolute Gasteiger partial charge is 0.305 e. The lowest BCUT2D eigenvalue weighted by Crippen LogP contribution is -2.45. The van der Waals surface area contributed by atoms with Gasteiger partial charge in [-0.2, -0.15) is 0 Å². The van der Waals surface area contributed by atoms with Gasteiger partial charge in [0.25, 0.3) is 0 Å². The first kappa shape index (κ1) is 81.3. The van der Waals surface area contributed by atoms with Gasteiger partial charge < -0.3 is 20.3 Å². The number of unbranched alkanes of at least 4 members (excludes halogenated alkanes) is 57. The Balaban J connectivity index is 3.42. The molecule has 0 fully saturated rings. The molecule has 6 heteroatoms. The Kier molecular flexibility index (Phi) is 71.4. The molecule has 0 aromatic carbocycles. The first-order valence-corrected chi connectivity index (χ1v) is 38.1.